The zero-order chi connectivity index (χ0) is 13.9. The van der Waals surface area contributed by atoms with Crippen molar-refractivity contribution in [3.05, 3.63) is 65.6 Å². The SMILES string of the molecule is COc1ccccc1Cc1cn2ccc(CO)cc2n1. The molecule has 0 radical (unpaired) electrons. The molecule has 1 aromatic carbocycles. The van der Waals surface area contributed by atoms with Crippen LogP contribution in [0.4, 0.5) is 0 Å². The highest BCUT2D eigenvalue weighted by atomic mass is 16.5. The minimum atomic E-state index is 0.0329. The third-order valence-corrected chi connectivity index (χ3v) is 3.32. The van der Waals surface area contributed by atoms with Crippen LogP contribution in [0.3, 0.4) is 0 Å². The summed E-state index contributed by atoms with van der Waals surface area (Å²) in [5.41, 5.74) is 3.80. The largest absolute Gasteiger partial charge is 0.496 e. The number of ether oxygens (including phenoxy) is 1. The first-order chi connectivity index (χ1) is 9.80. The highest BCUT2D eigenvalue weighted by Gasteiger charge is 2.07. The van der Waals surface area contributed by atoms with Crippen LogP contribution in [0.25, 0.3) is 5.65 Å². The molecule has 0 aliphatic carbocycles. The van der Waals surface area contributed by atoms with E-state index in [-0.39, 0.29) is 6.61 Å². The monoisotopic (exact) mass is 268 g/mol. The van der Waals surface area contributed by atoms with Crippen LogP contribution in [0.1, 0.15) is 16.8 Å². The number of para-hydroxylation sites is 1. The topological polar surface area (TPSA) is 46.8 Å². The lowest BCUT2D eigenvalue weighted by Crippen LogP contribution is -1.93. The maximum absolute atomic E-state index is 9.15. The first-order valence-electron chi connectivity index (χ1n) is 6.49. The maximum atomic E-state index is 9.15. The molecule has 0 saturated carbocycles. The van der Waals surface area contributed by atoms with Gasteiger partial charge in [0.1, 0.15) is 11.4 Å². The van der Waals surface area contributed by atoms with Crippen molar-refractivity contribution in [1.29, 1.82) is 0 Å². The van der Waals surface area contributed by atoms with E-state index in [1.807, 2.05) is 53.2 Å². The second-order valence-electron chi connectivity index (χ2n) is 4.68. The summed E-state index contributed by atoms with van der Waals surface area (Å²) in [5, 5.41) is 9.15. The number of benzene rings is 1. The van der Waals surface area contributed by atoms with Crippen molar-refractivity contribution < 1.29 is 9.84 Å². The zero-order valence-electron chi connectivity index (χ0n) is 11.3. The Hall–Kier alpha value is -2.33. The highest BCUT2D eigenvalue weighted by Crippen LogP contribution is 2.21. The zero-order valence-corrected chi connectivity index (χ0v) is 11.3. The van der Waals surface area contributed by atoms with Crippen LogP contribution in [0.5, 0.6) is 5.75 Å². The Kier molecular flexibility index (Phi) is 3.39. The van der Waals surface area contributed by atoms with Gasteiger partial charge in [-0.3, -0.25) is 0 Å². The van der Waals surface area contributed by atoms with Crippen LogP contribution < -0.4 is 4.74 Å². The predicted molar refractivity (Wildman–Crippen MR) is 76.9 cm³/mol. The fourth-order valence-corrected chi connectivity index (χ4v) is 2.30. The van der Waals surface area contributed by atoms with Crippen LogP contribution >= 0.6 is 0 Å². The number of imidazole rings is 1. The summed E-state index contributed by atoms with van der Waals surface area (Å²) in [5.74, 6) is 0.876. The van der Waals surface area contributed by atoms with Gasteiger partial charge in [-0.05, 0) is 23.8 Å². The Morgan fingerprint density at radius 2 is 2.10 bits per heavy atom. The molecule has 1 N–H and O–H groups in total. The molecule has 4 heteroatoms. The Labute approximate surface area is 117 Å². The van der Waals surface area contributed by atoms with E-state index in [1.54, 1.807) is 7.11 Å². The predicted octanol–water partition coefficient (Wildman–Crippen LogP) is 2.43. The summed E-state index contributed by atoms with van der Waals surface area (Å²) in [6.45, 7) is 0.0329. The summed E-state index contributed by atoms with van der Waals surface area (Å²) < 4.78 is 7.32. The number of rotatable bonds is 4. The lowest BCUT2D eigenvalue weighted by atomic mass is 10.1. The average molecular weight is 268 g/mol. The van der Waals surface area contributed by atoms with E-state index >= 15 is 0 Å². The average Bonchev–Trinajstić information content (AvgIpc) is 2.89. The molecule has 3 aromatic rings. The second kappa shape index (κ2) is 5.35. The minimum Gasteiger partial charge on any atom is -0.496 e. The third kappa shape index (κ3) is 2.38. The van der Waals surface area contributed by atoms with Gasteiger partial charge in [-0.25, -0.2) is 4.98 Å². The van der Waals surface area contributed by atoms with Gasteiger partial charge < -0.3 is 14.2 Å². The van der Waals surface area contributed by atoms with E-state index in [0.717, 1.165) is 34.6 Å². The molecule has 3 rings (SSSR count). The number of pyridine rings is 1. The number of hydrogen-bond donors (Lipinski definition) is 1. The van der Waals surface area contributed by atoms with Crippen LogP contribution in [0, 0.1) is 0 Å². The first kappa shape index (κ1) is 12.7. The summed E-state index contributed by atoms with van der Waals surface area (Å²) >= 11 is 0. The number of aliphatic hydroxyl groups is 1. The van der Waals surface area contributed by atoms with Crippen LogP contribution in [0.2, 0.25) is 0 Å². The molecule has 20 heavy (non-hydrogen) atoms. The van der Waals surface area contributed by atoms with E-state index in [0.29, 0.717) is 0 Å². The Balaban J connectivity index is 1.94. The normalized spacial score (nSPS) is 10.9. The molecule has 4 nitrogen and oxygen atoms in total. The fourth-order valence-electron chi connectivity index (χ4n) is 2.30. The molecule has 0 amide bonds. The van der Waals surface area contributed by atoms with Gasteiger partial charge >= 0.3 is 0 Å². The summed E-state index contributed by atoms with van der Waals surface area (Å²) in [6, 6.07) is 11.7. The van der Waals surface area contributed by atoms with Gasteiger partial charge in [-0.1, -0.05) is 18.2 Å². The lowest BCUT2D eigenvalue weighted by Gasteiger charge is -2.05. The van der Waals surface area contributed by atoms with Crippen molar-refractivity contribution in [3.8, 4) is 5.75 Å². The summed E-state index contributed by atoms with van der Waals surface area (Å²) in [4.78, 5) is 4.59. The summed E-state index contributed by atoms with van der Waals surface area (Å²) in [6.07, 6.45) is 4.64. The maximum Gasteiger partial charge on any atom is 0.137 e. The molecule has 0 saturated heterocycles. The van der Waals surface area contributed by atoms with Crippen molar-refractivity contribution >= 4 is 5.65 Å². The summed E-state index contributed by atoms with van der Waals surface area (Å²) in [7, 11) is 1.68. The van der Waals surface area contributed by atoms with E-state index in [2.05, 4.69) is 4.98 Å². The molecule has 0 atom stereocenters. The number of hydrogen-bond acceptors (Lipinski definition) is 3. The third-order valence-electron chi connectivity index (χ3n) is 3.32. The van der Waals surface area contributed by atoms with Gasteiger partial charge in [-0.2, -0.15) is 0 Å². The lowest BCUT2D eigenvalue weighted by molar-refractivity contribution is 0.282. The van der Waals surface area contributed by atoms with Gasteiger partial charge in [0.2, 0.25) is 0 Å². The molecular formula is C16H16N2O2. The van der Waals surface area contributed by atoms with Gasteiger partial charge in [0, 0.05) is 24.4 Å². The molecule has 0 aliphatic rings. The fraction of sp³-hybridized carbons (Fsp3) is 0.188. The number of fused-ring (bicyclic) bond motifs is 1. The molecule has 0 aliphatic heterocycles. The Bertz CT molecular complexity index is 734. The van der Waals surface area contributed by atoms with Crippen LogP contribution in [-0.4, -0.2) is 21.6 Å². The van der Waals surface area contributed by atoms with Crippen molar-refractivity contribution in [2.45, 2.75) is 13.0 Å². The molecule has 2 heterocycles. The Morgan fingerprint density at radius 1 is 1.25 bits per heavy atom. The Morgan fingerprint density at radius 3 is 2.90 bits per heavy atom. The first-order valence-corrected chi connectivity index (χ1v) is 6.49. The van der Waals surface area contributed by atoms with Crippen molar-refractivity contribution in [3.63, 3.8) is 0 Å². The highest BCUT2D eigenvalue weighted by molar-refractivity contribution is 5.44. The molecular weight excluding hydrogens is 252 g/mol. The van der Waals surface area contributed by atoms with Gasteiger partial charge in [-0.15, -0.1) is 0 Å². The standard InChI is InChI=1S/C16H16N2O2/c1-20-15-5-3-2-4-13(15)9-14-10-18-7-6-12(11-19)8-16(18)17-14/h2-8,10,19H,9,11H2,1H3. The van der Waals surface area contributed by atoms with Gasteiger partial charge in [0.15, 0.2) is 0 Å². The number of methoxy groups -OCH3 is 1. The van der Waals surface area contributed by atoms with Gasteiger partial charge in [0.05, 0.1) is 19.4 Å². The molecule has 0 unspecified atom stereocenters. The van der Waals surface area contributed by atoms with Crippen LogP contribution in [-0.2, 0) is 13.0 Å². The minimum absolute atomic E-state index is 0.0329. The molecule has 0 fully saturated rings. The number of aromatic nitrogens is 2. The number of nitrogens with zero attached hydrogens (tertiary/aromatic N) is 2. The smallest absolute Gasteiger partial charge is 0.137 e. The van der Waals surface area contributed by atoms with Crippen molar-refractivity contribution in [1.82, 2.24) is 9.38 Å². The van der Waals surface area contributed by atoms with E-state index in [9.17, 15) is 0 Å². The molecule has 2 aromatic heterocycles. The molecule has 0 bridgehead atoms. The number of aliphatic hydroxyl groups excluding tert-OH is 1. The van der Waals surface area contributed by atoms with Crippen LogP contribution in [0.15, 0.2) is 48.8 Å². The molecule has 102 valence electrons. The van der Waals surface area contributed by atoms with Crippen molar-refractivity contribution in [2.75, 3.05) is 7.11 Å². The van der Waals surface area contributed by atoms with E-state index in [1.165, 1.54) is 0 Å². The van der Waals surface area contributed by atoms with E-state index < -0.39 is 0 Å². The quantitative estimate of drug-likeness (QED) is 0.790. The van der Waals surface area contributed by atoms with Gasteiger partial charge in [0.25, 0.3) is 0 Å². The van der Waals surface area contributed by atoms with E-state index in [4.69, 9.17) is 9.84 Å². The second-order valence-corrected chi connectivity index (χ2v) is 4.68. The molecule has 0 spiro atoms. The van der Waals surface area contributed by atoms with Crippen molar-refractivity contribution in [2.24, 2.45) is 0 Å².